The van der Waals surface area contributed by atoms with E-state index in [9.17, 15) is 9.90 Å². The van der Waals surface area contributed by atoms with E-state index in [0.29, 0.717) is 24.9 Å². The van der Waals surface area contributed by atoms with Crippen molar-refractivity contribution in [3.63, 3.8) is 0 Å². The van der Waals surface area contributed by atoms with E-state index in [4.69, 9.17) is 32.8 Å². The molecule has 1 saturated carbocycles. The molecule has 2 aliphatic heterocycles. The van der Waals surface area contributed by atoms with Gasteiger partial charge in [0, 0.05) is 33.7 Å². The Morgan fingerprint density at radius 3 is 2.16 bits per heavy atom. The Morgan fingerprint density at radius 1 is 1.03 bits per heavy atom. The minimum absolute atomic E-state index is 0.0726. The highest BCUT2D eigenvalue weighted by molar-refractivity contribution is 6.74. The first-order valence-electron chi connectivity index (χ1n) is 14.1. The molecule has 2 saturated heterocycles. The number of hydrogen-bond acceptors (Lipinski definition) is 8. The van der Waals surface area contributed by atoms with Gasteiger partial charge in [0.2, 0.25) is 0 Å². The number of ether oxygens (including phenoxy) is 6. The first-order valence-corrected chi connectivity index (χ1v) is 17.0. The van der Waals surface area contributed by atoms with Crippen molar-refractivity contribution in [2.24, 2.45) is 17.8 Å². The van der Waals surface area contributed by atoms with Crippen LogP contribution in [0.15, 0.2) is 0 Å². The van der Waals surface area contributed by atoms with Crippen molar-refractivity contribution in [3.05, 3.63) is 0 Å². The largest absolute Gasteiger partial charge is 0.481 e. The quantitative estimate of drug-likeness (QED) is 0.346. The number of carboxylic acids is 1. The summed E-state index contributed by atoms with van der Waals surface area (Å²) in [4.78, 5) is 11.7. The van der Waals surface area contributed by atoms with Crippen LogP contribution in [0.25, 0.3) is 0 Å². The number of rotatable bonds is 12. The van der Waals surface area contributed by atoms with Crippen LogP contribution in [-0.4, -0.2) is 96.3 Å². The van der Waals surface area contributed by atoms with E-state index in [1.54, 1.807) is 21.3 Å². The lowest BCUT2D eigenvalue weighted by atomic mass is 9.86. The Hall–Kier alpha value is -0.593. The third-order valence-electron chi connectivity index (χ3n) is 9.35. The molecule has 1 aliphatic carbocycles. The van der Waals surface area contributed by atoms with Crippen molar-refractivity contribution < 1.29 is 42.7 Å². The van der Waals surface area contributed by atoms with Crippen molar-refractivity contribution in [2.75, 3.05) is 27.9 Å². The molecule has 9 nitrogen and oxygen atoms in total. The van der Waals surface area contributed by atoms with Gasteiger partial charge in [-0.05, 0) is 42.8 Å². The molecule has 0 radical (unpaired) electrons. The number of carbonyl (C=O) groups is 1. The van der Waals surface area contributed by atoms with E-state index in [2.05, 4.69) is 40.8 Å². The Bertz CT molecular complexity index is 772. The van der Waals surface area contributed by atoms with Crippen molar-refractivity contribution in [1.29, 1.82) is 0 Å². The van der Waals surface area contributed by atoms with Gasteiger partial charge in [-0.3, -0.25) is 4.79 Å². The molecule has 0 aromatic rings. The minimum Gasteiger partial charge on any atom is -0.481 e. The lowest BCUT2D eigenvalue weighted by molar-refractivity contribution is -0.308. The highest BCUT2D eigenvalue weighted by Crippen LogP contribution is 2.48. The molecule has 3 fully saturated rings. The number of carboxylic acid groups (broad SMARTS) is 1. The van der Waals surface area contributed by atoms with Gasteiger partial charge in [-0.2, -0.15) is 0 Å². The van der Waals surface area contributed by atoms with Crippen LogP contribution in [0.2, 0.25) is 18.1 Å². The number of hydrogen-bond donors (Lipinski definition) is 1. The summed E-state index contributed by atoms with van der Waals surface area (Å²) in [5, 5.41) is 9.73. The summed E-state index contributed by atoms with van der Waals surface area (Å²) >= 11 is 0. The van der Waals surface area contributed by atoms with Crippen LogP contribution in [0.4, 0.5) is 0 Å². The fraction of sp³-hybridized carbons (Fsp3) is 0.964. The van der Waals surface area contributed by atoms with E-state index >= 15 is 0 Å². The lowest BCUT2D eigenvalue weighted by Crippen LogP contribution is -2.58. The maximum Gasteiger partial charge on any atom is 0.305 e. The number of aliphatic carboxylic acids is 1. The average Bonchev–Trinajstić information content (AvgIpc) is 3.56. The molecule has 11 atom stereocenters. The third kappa shape index (κ3) is 7.57. The summed E-state index contributed by atoms with van der Waals surface area (Å²) in [6, 6.07) is 0. The van der Waals surface area contributed by atoms with Crippen LogP contribution in [0.1, 0.15) is 60.3 Å². The molecule has 10 heteroatoms. The molecular formula is C28H52O9Si. The van der Waals surface area contributed by atoms with Gasteiger partial charge in [0.05, 0.1) is 37.4 Å². The zero-order chi connectivity index (χ0) is 28.4. The zero-order valence-corrected chi connectivity index (χ0v) is 26.1. The molecule has 0 unspecified atom stereocenters. The summed E-state index contributed by atoms with van der Waals surface area (Å²) in [6.45, 7) is 16.0. The maximum atomic E-state index is 11.7. The Kier molecular flexibility index (Phi) is 10.9. The normalized spacial score (nSPS) is 39.1. The van der Waals surface area contributed by atoms with Gasteiger partial charge in [-0.25, -0.2) is 0 Å². The van der Waals surface area contributed by atoms with Crippen molar-refractivity contribution in [3.8, 4) is 0 Å². The molecule has 0 aromatic carbocycles. The standard InChI is InChI=1S/C28H52O9Si/c1-16-11-19(16)22(37-38(9,10)28(3,4)5)13-18-12-20(17(2)21(35-18)14-24(29)30)36-27-26(33-8)25(32-7)23(31-6)15-34-27/h16-23,25-27H,11-15H2,1-10H3,(H,29,30)/t16-,17+,18-,19-,20-,21-,22-,23+,25-,26+,27-/m0/s1. The van der Waals surface area contributed by atoms with Gasteiger partial charge in [-0.1, -0.05) is 34.6 Å². The van der Waals surface area contributed by atoms with E-state index in [1.165, 1.54) is 0 Å². The molecule has 222 valence electrons. The average molecular weight is 561 g/mol. The van der Waals surface area contributed by atoms with Gasteiger partial charge < -0.3 is 38.0 Å². The SMILES string of the molecule is CO[C@@H]1[C@@H](OC)[C@H](O[C@H]2C[C@@H](C[C@H](O[Si](C)(C)C(C)(C)C)[C@H]3C[C@@H]3C)O[C@@H](CC(=O)O)[C@@H]2C)OC[C@H]1OC. The van der Waals surface area contributed by atoms with Crippen LogP contribution in [0.3, 0.4) is 0 Å². The summed E-state index contributed by atoms with van der Waals surface area (Å²) in [7, 11) is 2.87. The molecule has 0 bridgehead atoms. The first-order chi connectivity index (χ1) is 17.7. The zero-order valence-electron chi connectivity index (χ0n) is 25.1. The smallest absolute Gasteiger partial charge is 0.305 e. The van der Waals surface area contributed by atoms with Crippen molar-refractivity contribution in [2.45, 2.75) is 127 Å². The highest BCUT2D eigenvalue weighted by atomic mass is 28.4. The highest BCUT2D eigenvalue weighted by Gasteiger charge is 2.49. The summed E-state index contributed by atoms with van der Waals surface area (Å²) in [5.41, 5.74) is 0. The second-order valence-corrected chi connectivity index (χ2v) is 17.8. The molecule has 3 aliphatic rings. The van der Waals surface area contributed by atoms with Crippen LogP contribution in [0, 0.1) is 17.8 Å². The molecule has 38 heavy (non-hydrogen) atoms. The molecule has 0 spiro atoms. The molecule has 3 rings (SSSR count). The summed E-state index contributed by atoms with van der Waals surface area (Å²) < 4.78 is 43.0. The van der Waals surface area contributed by atoms with Gasteiger partial charge in [0.1, 0.15) is 18.3 Å². The molecular weight excluding hydrogens is 508 g/mol. The van der Waals surface area contributed by atoms with Crippen LogP contribution in [-0.2, 0) is 37.6 Å². The van der Waals surface area contributed by atoms with Crippen molar-refractivity contribution >= 4 is 14.3 Å². The Labute approximate surface area is 230 Å². The fourth-order valence-corrected chi connectivity index (χ4v) is 7.02. The molecule has 1 N–H and O–H groups in total. The Morgan fingerprint density at radius 2 is 1.66 bits per heavy atom. The monoisotopic (exact) mass is 560 g/mol. The summed E-state index contributed by atoms with van der Waals surface area (Å²) in [6.07, 6.45) is -0.0936. The van der Waals surface area contributed by atoms with Gasteiger partial charge in [-0.15, -0.1) is 0 Å². The van der Waals surface area contributed by atoms with E-state index in [0.717, 1.165) is 12.8 Å². The van der Waals surface area contributed by atoms with Gasteiger partial charge in [0.15, 0.2) is 14.6 Å². The topological polar surface area (TPSA) is 102 Å². The molecule has 0 aromatic heterocycles. The predicted octanol–water partition coefficient (Wildman–Crippen LogP) is 4.48. The van der Waals surface area contributed by atoms with Crippen LogP contribution >= 0.6 is 0 Å². The van der Waals surface area contributed by atoms with E-state index in [-0.39, 0.29) is 47.9 Å². The van der Waals surface area contributed by atoms with Gasteiger partial charge >= 0.3 is 5.97 Å². The molecule has 2 heterocycles. The number of methoxy groups -OCH3 is 3. The van der Waals surface area contributed by atoms with E-state index in [1.807, 2.05) is 6.92 Å². The summed E-state index contributed by atoms with van der Waals surface area (Å²) in [5.74, 6) is 0.130. The predicted molar refractivity (Wildman–Crippen MR) is 146 cm³/mol. The minimum atomic E-state index is -1.99. The second-order valence-electron chi connectivity index (χ2n) is 13.1. The maximum absolute atomic E-state index is 11.7. The fourth-order valence-electron chi connectivity index (χ4n) is 5.64. The third-order valence-corrected chi connectivity index (χ3v) is 13.9. The molecule has 0 amide bonds. The Balaban J connectivity index is 1.78. The van der Waals surface area contributed by atoms with Crippen LogP contribution in [0.5, 0.6) is 0 Å². The van der Waals surface area contributed by atoms with Gasteiger partial charge in [0.25, 0.3) is 0 Å². The van der Waals surface area contributed by atoms with E-state index < -0.39 is 32.8 Å². The first kappa shape index (κ1) is 31.9. The second kappa shape index (κ2) is 12.9. The lowest BCUT2D eigenvalue weighted by Gasteiger charge is -2.46. The van der Waals surface area contributed by atoms with Crippen molar-refractivity contribution in [1.82, 2.24) is 0 Å². The van der Waals surface area contributed by atoms with Crippen LogP contribution < -0.4 is 0 Å².